The maximum atomic E-state index is 12.7. The summed E-state index contributed by atoms with van der Waals surface area (Å²) >= 11 is 0. The molecule has 2 N–H and O–H groups in total. The van der Waals surface area contributed by atoms with Crippen LogP contribution < -0.4 is 5.73 Å². The van der Waals surface area contributed by atoms with Gasteiger partial charge in [-0.3, -0.25) is 4.79 Å². The molecule has 1 aromatic rings. The predicted molar refractivity (Wildman–Crippen MR) is 58.3 cm³/mol. The van der Waals surface area contributed by atoms with Gasteiger partial charge in [-0.1, -0.05) is 17.7 Å². The number of carbonyl (C=O) groups excluding carboxylic acids is 1. The van der Waals surface area contributed by atoms with Crippen molar-refractivity contribution in [2.75, 3.05) is 0 Å². The lowest BCUT2D eigenvalue weighted by atomic mass is 9.99. The van der Waals surface area contributed by atoms with Gasteiger partial charge in [-0.25, -0.2) is 0 Å². The minimum Gasteiger partial charge on any atom is -0.370 e. The zero-order valence-electron chi connectivity index (χ0n) is 9.47. The van der Waals surface area contributed by atoms with Crippen LogP contribution in [-0.2, 0) is 17.4 Å². The topological polar surface area (TPSA) is 43.1 Å². The highest BCUT2D eigenvalue weighted by Crippen LogP contribution is 2.33. The molecular formula is C12H14F3NO. The standard InChI is InChI=1S/C12H14F3NO/c1-8-5-6-9(3-2-4-11(16)17)10(7-8)12(13,14)15/h5-7H,2-4H2,1H3,(H2,16,17). The maximum Gasteiger partial charge on any atom is 0.416 e. The number of aryl methyl sites for hydroxylation is 2. The third-order valence-electron chi connectivity index (χ3n) is 2.44. The fraction of sp³-hybridized carbons (Fsp3) is 0.417. The Kier molecular flexibility index (Phi) is 4.15. The fourth-order valence-corrected chi connectivity index (χ4v) is 1.63. The molecule has 1 amide bonds. The SMILES string of the molecule is Cc1ccc(CCCC(N)=O)c(C(F)(F)F)c1. The Hall–Kier alpha value is -1.52. The summed E-state index contributed by atoms with van der Waals surface area (Å²) in [6.07, 6.45) is -3.71. The van der Waals surface area contributed by atoms with Gasteiger partial charge in [-0.15, -0.1) is 0 Å². The molecule has 0 radical (unpaired) electrons. The summed E-state index contributed by atoms with van der Waals surface area (Å²) in [5, 5.41) is 0. The number of nitrogens with two attached hydrogens (primary N) is 1. The molecule has 0 spiro atoms. The molecule has 1 aromatic carbocycles. The lowest BCUT2D eigenvalue weighted by Crippen LogP contribution is -2.12. The summed E-state index contributed by atoms with van der Waals surface area (Å²) < 4.78 is 38.2. The van der Waals surface area contributed by atoms with E-state index in [-0.39, 0.29) is 18.4 Å². The summed E-state index contributed by atoms with van der Waals surface area (Å²) in [5.41, 5.74) is 5.10. The average Bonchev–Trinajstić information content (AvgIpc) is 2.18. The number of hydrogen-bond donors (Lipinski definition) is 1. The fourth-order valence-electron chi connectivity index (χ4n) is 1.63. The van der Waals surface area contributed by atoms with Crippen LogP contribution in [0, 0.1) is 6.92 Å². The normalized spacial score (nSPS) is 11.5. The van der Waals surface area contributed by atoms with Crippen LogP contribution in [0.25, 0.3) is 0 Å². The highest BCUT2D eigenvalue weighted by molar-refractivity contribution is 5.73. The van der Waals surface area contributed by atoms with Crippen molar-refractivity contribution < 1.29 is 18.0 Å². The third kappa shape index (κ3) is 4.09. The molecule has 0 bridgehead atoms. The van der Waals surface area contributed by atoms with Crippen LogP contribution in [0.3, 0.4) is 0 Å². The number of hydrogen-bond acceptors (Lipinski definition) is 1. The molecule has 0 aromatic heterocycles. The van der Waals surface area contributed by atoms with Gasteiger partial charge in [0.2, 0.25) is 5.91 Å². The van der Waals surface area contributed by atoms with Crippen LogP contribution in [-0.4, -0.2) is 5.91 Å². The Morgan fingerprint density at radius 2 is 2.00 bits per heavy atom. The zero-order valence-corrected chi connectivity index (χ0v) is 9.47. The van der Waals surface area contributed by atoms with Crippen molar-refractivity contribution in [2.24, 2.45) is 5.73 Å². The quantitative estimate of drug-likeness (QED) is 0.870. The van der Waals surface area contributed by atoms with Gasteiger partial charge in [0.25, 0.3) is 0 Å². The van der Waals surface area contributed by atoms with Crippen LogP contribution in [0.5, 0.6) is 0 Å². The largest absolute Gasteiger partial charge is 0.416 e. The van der Waals surface area contributed by atoms with Crippen molar-refractivity contribution in [3.05, 3.63) is 34.9 Å². The molecule has 2 nitrogen and oxygen atoms in total. The summed E-state index contributed by atoms with van der Waals surface area (Å²) in [5.74, 6) is -0.495. The minimum absolute atomic E-state index is 0.102. The molecule has 94 valence electrons. The van der Waals surface area contributed by atoms with Crippen LogP contribution in [0.4, 0.5) is 13.2 Å². The van der Waals surface area contributed by atoms with Gasteiger partial charge in [0.15, 0.2) is 0 Å². The molecule has 0 unspecified atom stereocenters. The van der Waals surface area contributed by atoms with Gasteiger partial charge < -0.3 is 5.73 Å². The van der Waals surface area contributed by atoms with Gasteiger partial charge in [0.05, 0.1) is 5.56 Å². The summed E-state index contributed by atoms with van der Waals surface area (Å²) in [4.78, 5) is 10.5. The van der Waals surface area contributed by atoms with Crippen LogP contribution in [0.2, 0.25) is 0 Å². The Labute approximate surface area is 97.6 Å². The van der Waals surface area contributed by atoms with E-state index in [9.17, 15) is 18.0 Å². The second-order valence-corrected chi connectivity index (χ2v) is 3.98. The van der Waals surface area contributed by atoms with E-state index in [0.29, 0.717) is 12.0 Å². The molecule has 0 saturated heterocycles. The van der Waals surface area contributed by atoms with E-state index in [1.165, 1.54) is 6.07 Å². The van der Waals surface area contributed by atoms with Gasteiger partial charge in [-0.05, 0) is 31.4 Å². The number of primary amides is 1. The van der Waals surface area contributed by atoms with E-state index >= 15 is 0 Å². The van der Waals surface area contributed by atoms with Gasteiger partial charge >= 0.3 is 6.18 Å². The Morgan fingerprint density at radius 3 is 2.53 bits per heavy atom. The van der Waals surface area contributed by atoms with Gasteiger partial charge in [0, 0.05) is 6.42 Å². The van der Waals surface area contributed by atoms with Crippen molar-refractivity contribution in [2.45, 2.75) is 32.4 Å². The molecule has 5 heteroatoms. The highest BCUT2D eigenvalue weighted by Gasteiger charge is 2.32. The molecule has 0 saturated carbocycles. The summed E-state index contributed by atoms with van der Waals surface area (Å²) in [6.45, 7) is 1.61. The number of halogens is 3. The van der Waals surface area contributed by atoms with E-state index < -0.39 is 17.6 Å². The van der Waals surface area contributed by atoms with Crippen molar-refractivity contribution in [1.82, 2.24) is 0 Å². The summed E-state index contributed by atoms with van der Waals surface area (Å²) in [7, 11) is 0. The zero-order chi connectivity index (χ0) is 13.1. The van der Waals surface area contributed by atoms with E-state index in [1.807, 2.05) is 0 Å². The second-order valence-electron chi connectivity index (χ2n) is 3.98. The number of alkyl halides is 3. The van der Waals surface area contributed by atoms with E-state index in [4.69, 9.17) is 5.73 Å². The predicted octanol–water partition coefficient (Wildman–Crippen LogP) is 2.82. The summed E-state index contributed by atoms with van der Waals surface area (Å²) in [6, 6.07) is 4.22. The Balaban J connectivity index is 2.87. The number of carbonyl (C=O) groups is 1. The lowest BCUT2D eigenvalue weighted by Gasteiger charge is -2.13. The van der Waals surface area contributed by atoms with Gasteiger partial charge in [0.1, 0.15) is 0 Å². The van der Waals surface area contributed by atoms with Crippen molar-refractivity contribution in [1.29, 1.82) is 0 Å². The first-order valence-electron chi connectivity index (χ1n) is 5.25. The molecule has 0 aliphatic rings. The molecule has 0 heterocycles. The van der Waals surface area contributed by atoms with Crippen LogP contribution in [0.15, 0.2) is 18.2 Å². The number of rotatable bonds is 4. The van der Waals surface area contributed by atoms with Crippen molar-refractivity contribution in [3.8, 4) is 0 Å². The van der Waals surface area contributed by atoms with E-state index in [1.54, 1.807) is 13.0 Å². The minimum atomic E-state index is -4.35. The maximum absolute atomic E-state index is 12.7. The number of amides is 1. The smallest absolute Gasteiger partial charge is 0.370 e. The molecule has 17 heavy (non-hydrogen) atoms. The first-order valence-corrected chi connectivity index (χ1v) is 5.25. The van der Waals surface area contributed by atoms with Crippen LogP contribution in [0.1, 0.15) is 29.5 Å². The van der Waals surface area contributed by atoms with Crippen molar-refractivity contribution >= 4 is 5.91 Å². The van der Waals surface area contributed by atoms with E-state index in [0.717, 1.165) is 6.07 Å². The van der Waals surface area contributed by atoms with Crippen LogP contribution >= 0.6 is 0 Å². The molecule has 0 aliphatic heterocycles. The Morgan fingerprint density at radius 1 is 1.35 bits per heavy atom. The van der Waals surface area contributed by atoms with Gasteiger partial charge in [-0.2, -0.15) is 13.2 Å². The monoisotopic (exact) mass is 245 g/mol. The second kappa shape index (κ2) is 5.21. The molecule has 0 aliphatic carbocycles. The highest BCUT2D eigenvalue weighted by atomic mass is 19.4. The molecule has 0 atom stereocenters. The molecule has 0 fully saturated rings. The van der Waals surface area contributed by atoms with Crippen molar-refractivity contribution in [3.63, 3.8) is 0 Å². The first kappa shape index (κ1) is 13.5. The lowest BCUT2D eigenvalue weighted by molar-refractivity contribution is -0.138. The Bertz CT molecular complexity index is 413. The van der Waals surface area contributed by atoms with E-state index in [2.05, 4.69) is 0 Å². The number of benzene rings is 1. The molecular weight excluding hydrogens is 231 g/mol. The molecule has 1 rings (SSSR count). The average molecular weight is 245 g/mol. The third-order valence-corrected chi connectivity index (χ3v) is 2.44. The first-order chi connectivity index (χ1) is 7.80.